The summed E-state index contributed by atoms with van der Waals surface area (Å²) in [5.41, 5.74) is 3.65. The molecule has 0 atom stereocenters. The van der Waals surface area contributed by atoms with Gasteiger partial charge in [-0.25, -0.2) is 9.78 Å². The van der Waals surface area contributed by atoms with Crippen LogP contribution in [0.1, 0.15) is 37.5 Å². The van der Waals surface area contributed by atoms with Crippen molar-refractivity contribution in [1.82, 2.24) is 14.8 Å². The number of pyridine rings is 1. The Hall–Kier alpha value is -4.03. The molecule has 1 aromatic heterocycles. The van der Waals surface area contributed by atoms with Crippen LogP contribution in [0.15, 0.2) is 42.5 Å². The molecule has 6 rings (SSSR count). The molecule has 2 aromatic carbocycles. The van der Waals surface area contributed by atoms with Crippen LogP contribution in [0.5, 0.6) is 0 Å². The fourth-order valence-electron chi connectivity index (χ4n) is 6.34. The summed E-state index contributed by atoms with van der Waals surface area (Å²) in [6.45, 7) is 13.3. The molecule has 0 spiro atoms. The first-order valence-corrected chi connectivity index (χ1v) is 15.1. The summed E-state index contributed by atoms with van der Waals surface area (Å²) in [6, 6.07) is 17.6. The molecular weight excluding hydrogens is 526 g/mol. The minimum atomic E-state index is -0.519. The number of anilines is 3. The summed E-state index contributed by atoms with van der Waals surface area (Å²) in [4.78, 5) is 29.1. The molecule has 220 valence electrons. The molecule has 2 fully saturated rings. The number of likely N-dealkylation sites (N-methyl/N-ethyl adjacent to an activating group) is 1. The average molecular weight is 568 g/mol. The van der Waals surface area contributed by atoms with Crippen molar-refractivity contribution in [3.05, 3.63) is 59.2 Å². The Morgan fingerprint density at radius 3 is 2.21 bits per heavy atom. The predicted octanol–water partition coefficient (Wildman–Crippen LogP) is 4.48. The molecular formula is C33H41N7O2. The fraction of sp³-hybridized carbons (Fsp3) is 0.485. The number of hydrogen-bond acceptors (Lipinski definition) is 8. The van der Waals surface area contributed by atoms with E-state index in [0.29, 0.717) is 38.3 Å². The number of carbonyl (C=O) groups is 1. The fourth-order valence-corrected chi connectivity index (χ4v) is 6.34. The van der Waals surface area contributed by atoms with Crippen LogP contribution in [-0.2, 0) is 17.7 Å². The third-order valence-electron chi connectivity index (χ3n) is 8.60. The summed E-state index contributed by atoms with van der Waals surface area (Å²) < 4.78 is 5.63. The van der Waals surface area contributed by atoms with E-state index in [9.17, 15) is 10.1 Å². The lowest BCUT2D eigenvalue weighted by Gasteiger charge is -2.40. The van der Waals surface area contributed by atoms with Crippen molar-refractivity contribution in [2.75, 3.05) is 80.7 Å². The Labute approximate surface area is 248 Å². The van der Waals surface area contributed by atoms with Crippen molar-refractivity contribution in [3.63, 3.8) is 0 Å². The van der Waals surface area contributed by atoms with Gasteiger partial charge in [-0.3, -0.25) is 0 Å². The Morgan fingerprint density at radius 2 is 1.50 bits per heavy atom. The zero-order valence-corrected chi connectivity index (χ0v) is 25.3. The minimum Gasteiger partial charge on any atom is -0.444 e. The summed E-state index contributed by atoms with van der Waals surface area (Å²) in [5.74, 6) is 1.77. The van der Waals surface area contributed by atoms with Crippen LogP contribution in [0, 0.1) is 11.3 Å². The van der Waals surface area contributed by atoms with E-state index in [0.717, 1.165) is 56.3 Å². The number of nitrogens with zero attached hydrogens (tertiary/aromatic N) is 7. The topological polar surface area (TPSA) is 79.2 Å². The van der Waals surface area contributed by atoms with Crippen molar-refractivity contribution in [2.24, 2.45) is 0 Å². The molecule has 0 aliphatic carbocycles. The van der Waals surface area contributed by atoms with Crippen LogP contribution in [0.25, 0.3) is 10.8 Å². The van der Waals surface area contributed by atoms with Crippen LogP contribution in [-0.4, -0.2) is 92.4 Å². The lowest BCUT2D eigenvalue weighted by molar-refractivity contribution is 0.0240. The highest BCUT2D eigenvalue weighted by molar-refractivity contribution is 5.94. The van der Waals surface area contributed by atoms with Gasteiger partial charge in [0.15, 0.2) is 0 Å². The Bertz CT molecular complexity index is 1500. The minimum absolute atomic E-state index is 0.263. The van der Waals surface area contributed by atoms with E-state index in [2.05, 4.69) is 75.2 Å². The van der Waals surface area contributed by atoms with Gasteiger partial charge in [-0.05, 0) is 51.3 Å². The third-order valence-corrected chi connectivity index (χ3v) is 8.60. The number of hydrogen-bond donors (Lipinski definition) is 0. The number of ether oxygens (including phenoxy) is 1. The van der Waals surface area contributed by atoms with Gasteiger partial charge in [-0.1, -0.05) is 36.4 Å². The summed E-state index contributed by atoms with van der Waals surface area (Å²) in [6.07, 6.45) is 0.547. The molecule has 0 bridgehead atoms. The predicted molar refractivity (Wildman–Crippen MR) is 167 cm³/mol. The van der Waals surface area contributed by atoms with E-state index in [1.54, 1.807) is 4.90 Å². The number of benzene rings is 2. The van der Waals surface area contributed by atoms with E-state index in [1.165, 1.54) is 22.0 Å². The number of amides is 1. The molecule has 2 saturated heterocycles. The highest BCUT2D eigenvalue weighted by Crippen LogP contribution is 2.38. The highest BCUT2D eigenvalue weighted by atomic mass is 16.6. The molecule has 0 unspecified atom stereocenters. The largest absolute Gasteiger partial charge is 0.444 e. The number of rotatable bonds is 3. The van der Waals surface area contributed by atoms with Gasteiger partial charge >= 0.3 is 6.09 Å². The Balaban J connectivity index is 1.35. The number of nitriles is 1. The van der Waals surface area contributed by atoms with E-state index in [1.807, 2.05) is 20.8 Å². The first kappa shape index (κ1) is 28.1. The SMILES string of the molecule is CN1CCN(c2nc(N3CCN(C(=O)OC(C)(C)C)CC3)c3c(c2C#N)CN(c2cccc4ccccc24)CC3)CC1. The van der Waals surface area contributed by atoms with Crippen molar-refractivity contribution < 1.29 is 9.53 Å². The lowest BCUT2D eigenvalue weighted by Crippen LogP contribution is -2.51. The zero-order chi connectivity index (χ0) is 29.4. The van der Waals surface area contributed by atoms with Crippen molar-refractivity contribution in [2.45, 2.75) is 39.3 Å². The Morgan fingerprint density at radius 1 is 0.833 bits per heavy atom. The van der Waals surface area contributed by atoms with Crippen LogP contribution in [0.3, 0.4) is 0 Å². The summed E-state index contributed by atoms with van der Waals surface area (Å²) >= 11 is 0. The monoisotopic (exact) mass is 567 g/mol. The van der Waals surface area contributed by atoms with Crippen LogP contribution in [0.2, 0.25) is 0 Å². The average Bonchev–Trinajstić information content (AvgIpc) is 2.99. The molecule has 4 heterocycles. The van der Waals surface area contributed by atoms with Crippen molar-refractivity contribution in [3.8, 4) is 6.07 Å². The molecule has 9 heteroatoms. The maximum absolute atomic E-state index is 12.7. The van der Waals surface area contributed by atoms with E-state index < -0.39 is 5.60 Å². The summed E-state index contributed by atoms with van der Waals surface area (Å²) in [7, 11) is 2.14. The number of fused-ring (bicyclic) bond motifs is 2. The third kappa shape index (κ3) is 5.56. The van der Waals surface area contributed by atoms with Crippen LogP contribution in [0.4, 0.5) is 22.1 Å². The molecule has 9 nitrogen and oxygen atoms in total. The molecule has 1 amide bonds. The van der Waals surface area contributed by atoms with Crippen molar-refractivity contribution in [1.29, 1.82) is 5.26 Å². The highest BCUT2D eigenvalue weighted by Gasteiger charge is 2.33. The molecule has 0 N–H and O–H groups in total. The van der Waals surface area contributed by atoms with Gasteiger partial charge in [0.2, 0.25) is 0 Å². The van der Waals surface area contributed by atoms with Gasteiger partial charge in [0, 0.05) is 82.1 Å². The number of piperazine rings is 2. The van der Waals surface area contributed by atoms with Crippen molar-refractivity contribution >= 4 is 34.2 Å². The van der Waals surface area contributed by atoms with Gasteiger partial charge in [0.05, 0.1) is 5.56 Å². The zero-order valence-electron chi connectivity index (χ0n) is 25.3. The first-order valence-electron chi connectivity index (χ1n) is 15.1. The normalized spacial score (nSPS) is 18.2. The number of carbonyl (C=O) groups excluding carboxylic acids is 1. The summed E-state index contributed by atoms with van der Waals surface area (Å²) in [5, 5.41) is 13.0. The second-order valence-corrected chi connectivity index (χ2v) is 12.6. The first-order chi connectivity index (χ1) is 20.2. The van der Waals surface area contributed by atoms with E-state index >= 15 is 0 Å². The standard InChI is InChI=1S/C33H41N7O2/c1-33(2,3)42-32(41)39-20-18-38(19-21-39)30-26-12-13-40(29-11-7-9-24-8-5-6-10-25(24)29)23-28(26)27(22-34)31(35-30)37-16-14-36(4)15-17-37/h5-11H,12-21,23H2,1-4H3. The van der Waals surface area contributed by atoms with Gasteiger partial charge in [-0.2, -0.15) is 5.26 Å². The Kier molecular flexibility index (Phi) is 7.58. The molecule has 42 heavy (non-hydrogen) atoms. The van der Waals surface area contributed by atoms with Gasteiger partial charge < -0.3 is 29.2 Å². The van der Waals surface area contributed by atoms with E-state index in [-0.39, 0.29) is 6.09 Å². The second kappa shape index (κ2) is 11.3. The molecule has 3 aliphatic rings. The molecule has 0 saturated carbocycles. The second-order valence-electron chi connectivity index (χ2n) is 12.6. The maximum atomic E-state index is 12.7. The molecule has 3 aliphatic heterocycles. The lowest BCUT2D eigenvalue weighted by atomic mass is 9.94. The van der Waals surface area contributed by atoms with Crippen LogP contribution < -0.4 is 14.7 Å². The quantitative estimate of drug-likeness (QED) is 0.459. The van der Waals surface area contributed by atoms with Gasteiger partial charge in [0.25, 0.3) is 0 Å². The van der Waals surface area contributed by atoms with E-state index in [4.69, 9.17) is 9.72 Å². The van der Waals surface area contributed by atoms with Gasteiger partial charge in [0.1, 0.15) is 23.3 Å². The van der Waals surface area contributed by atoms with Gasteiger partial charge in [-0.15, -0.1) is 0 Å². The maximum Gasteiger partial charge on any atom is 0.410 e. The molecule has 3 aromatic rings. The number of aromatic nitrogens is 1. The molecule has 0 radical (unpaired) electrons. The smallest absolute Gasteiger partial charge is 0.410 e. The van der Waals surface area contributed by atoms with Crippen LogP contribution >= 0.6 is 0 Å².